The summed E-state index contributed by atoms with van der Waals surface area (Å²) in [5.41, 5.74) is 0.789. The molecule has 0 spiro atoms. The molecule has 2 aromatic rings. The maximum absolute atomic E-state index is 9.38. The lowest BCUT2D eigenvalue weighted by molar-refractivity contribution is 0.193. The summed E-state index contributed by atoms with van der Waals surface area (Å²) in [5, 5.41) is 16.5. The van der Waals surface area contributed by atoms with E-state index in [9.17, 15) is 5.11 Å². The van der Waals surface area contributed by atoms with Gasteiger partial charge in [0.05, 0.1) is 18.1 Å². The first-order valence-electron chi connectivity index (χ1n) is 5.37. The molecule has 1 heterocycles. The van der Waals surface area contributed by atoms with Gasteiger partial charge in [0.25, 0.3) is 0 Å². The lowest BCUT2D eigenvalue weighted by Crippen LogP contribution is -2.27. The van der Waals surface area contributed by atoms with Gasteiger partial charge in [-0.15, -0.1) is 0 Å². The fraction of sp³-hybridized carbons (Fsp3) is 0.250. The summed E-state index contributed by atoms with van der Waals surface area (Å²) in [6, 6.07) is 6.88. The minimum Gasteiger partial charge on any atom is -0.508 e. The van der Waals surface area contributed by atoms with Crippen molar-refractivity contribution in [3.05, 3.63) is 36.7 Å². The average molecular weight is 233 g/mol. The number of hydrogen-bond acceptors (Lipinski definition) is 4. The number of nitrogens with zero attached hydrogens (tertiary/aromatic N) is 2. The Balaban J connectivity index is 2.18. The Bertz CT molecular complexity index is 496. The van der Waals surface area contributed by atoms with Crippen molar-refractivity contribution in [1.82, 2.24) is 15.1 Å². The molecule has 0 aliphatic rings. The molecule has 0 radical (unpaired) electrons. The van der Waals surface area contributed by atoms with E-state index < -0.39 is 0 Å². The van der Waals surface area contributed by atoms with Crippen LogP contribution in [0.25, 0.3) is 5.69 Å². The molecule has 90 valence electrons. The molecular formula is C12H15N3O2. The van der Waals surface area contributed by atoms with Gasteiger partial charge in [-0.05, 0) is 26.1 Å². The Morgan fingerprint density at radius 3 is 3.00 bits per heavy atom. The van der Waals surface area contributed by atoms with Crippen molar-refractivity contribution in [3.63, 3.8) is 0 Å². The molecule has 1 unspecified atom stereocenters. The van der Waals surface area contributed by atoms with Gasteiger partial charge in [-0.3, -0.25) is 5.32 Å². The number of phenols is 1. The summed E-state index contributed by atoms with van der Waals surface area (Å²) in [5.74, 6) is 0.888. The zero-order chi connectivity index (χ0) is 12.3. The Morgan fingerprint density at radius 1 is 1.47 bits per heavy atom. The normalized spacial score (nSPS) is 12.4. The van der Waals surface area contributed by atoms with E-state index in [4.69, 9.17) is 4.74 Å². The Hall–Kier alpha value is -2.01. The molecule has 0 bridgehead atoms. The van der Waals surface area contributed by atoms with Crippen LogP contribution in [0.15, 0.2) is 36.7 Å². The minimum atomic E-state index is -0.0724. The highest BCUT2D eigenvalue weighted by Gasteiger charge is 2.05. The van der Waals surface area contributed by atoms with Gasteiger partial charge in [-0.1, -0.05) is 6.07 Å². The first-order valence-corrected chi connectivity index (χ1v) is 5.37. The molecule has 0 fully saturated rings. The van der Waals surface area contributed by atoms with Crippen LogP contribution < -0.4 is 10.1 Å². The second kappa shape index (κ2) is 4.88. The molecule has 0 saturated carbocycles. The number of phenolic OH excluding ortho intramolecular Hbond substituents is 1. The molecular weight excluding hydrogens is 218 g/mol. The Morgan fingerprint density at radius 2 is 2.29 bits per heavy atom. The van der Waals surface area contributed by atoms with Crippen LogP contribution >= 0.6 is 0 Å². The molecule has 0 saturated heterocycles. The van der Waals surface area contributed by atoms with Gasteiger partial charge in [-0.2, -0.15) is 5.10 Å². The molecule has 2 N–H and O–H groups in total. The van der Waals surface area contributed by atoms with Crippen molar-refractivity contribution < 1.29 is 9.84 Å². The van der Waals surface area contributed by atoms with Crippen LogP contribution in [0.1, 0.15) is 6.92 Å². The maximum Gasteiger partial charge on any atom is 0.160 e. The monoisotopic (exact) mass is 233 g/mol. The third kappa shape index (κ3) is 2.76. The van der Waals surface area contributed by atoms with Crippen LogP contribution in [0.3, 0.4) is 0 Å². The van der Waals surface area contributed by atoms with Crippen LogP contribution in [0.2, 0.25) is 0 Å². The Kier molecular flexibility index (Phi) is 3.30. The number of aromatic hydroxyl groups is 1. The van der Waals surface area contributed by atoms with Crippen molar-refractivity contribution in [2.24, 2.45) is 0 Å². The summed E-state index contributed by atoms with van der Waals surface area (Å²) < 4.78 is 7.19. The van der Waals surface area contributed by atoms with E-state index in [2.05, 4.69) is 10.4 Å². The summed E-state index contributed by atoms with van der Waals surface area (Å²) in [6.45, 7) is 1.91. The second-order valence-corrected chi connectivity index (χ2v) is 3.69. The van der Waals surface area contributed by atoms with Crippen LogP contribution in [0.5, 0.6) is 11.5 Å². The SMILES string of the molecule is CNC(C)Oc1cnn(-c2cccc(O)c2)c1. The number of ether oxygens (including phenoxy) is 1. The van der Waals surface area contributed by atoms with E-state index in [1.54, 1.807) is 35.3 Å². The quantitative estimate of drug-likeness (QED) is 0.786. The van der Waals surface area contributed by atoms with E-state index in [0.29, 0.717) is 5.75 Å². The first kappa shape index (κ1) is 11.5. The zero-order valence-corrected chi connectivity index (χ0v) is 9.79. The van der Waals surface area contributed by atoms with Crippen LogP contribution in [0.4, 0.5) is 0 Å². The topological polar surface area (TPSA) is 59.3 Å². The van der Waals surface area contributed by atoms with Crippen molar-refractivity contribution in [1.29, 1.82) is 0 Å². The van der Waals surface area contributed by atoms with Crippen LogP contribution in [0, 0.1) is 0 Å². The van der Waals surface area contributed by atoms with Gasteiger partial charge in [-0.25, -0.2) is 4.68 Å². The molecule has 17 heavy (non-hydrogen) atoms. The molecule has 5 heteroatoms. The summed E-state index contributed by atoms with van der Waals surface area (Å²) in [4.78, 5) is 0. The highest BCUT2D eigenvalue weighted by molar-refractivity contribution is 5.38. The lowest BCUT2D eigenvalue weighted by Gasteiger charge is -2.10. The average Bonchev–Trinajstić information content (AvgIpc) is 2.77. The lowest BCUT2D eigenvalue weighted by atomic mass is 10.3. The molecule has 5 nitrogen and oxygen atoms in total. The second-order valence-electron chi connectivity index (χ2n) is 3.69. The van der Waals surface area contributed by atoms with E-state index in [1.165, 1.54) is 0 Å². The fourth-order valence-corrected chi connectivity index (χ4v) is 1.41. The highest BCUT2D eigenvalue weighted by Crippen LogP contribution is 2.17. The number of nitrogens with one attached hydrogen (secondary N) is 1. The van der Waals surface area contributed by atoms with Gasteiger partial charge < -0.3 is 9.84 Å². The largest absolute Gasteiger partial charge is 0.508 e. The van der Waals surface area contributed by atoms with Crippen molar-refractivity contribution in [2.45, 2.75) is 13.2 Å². The van der Waals surface area contributed by atoms with E-state index in [-0.39, 0.29) is 12.0 Å². The number of rotatable bonds is 4. The molecule has 0 aliphatic heterocycles. The van der Waals surface area contributed by atoms with E-state index >= 15 is 0 Å². The summed E-state index contributed by atoms with van der Waals surface area (Å²) in [6.07, 6.45) is 3.33. The number of benzene rings is 1. The molecule has 1 aromatic heterocycles. The third-order valence-electron chi connectivity index (χ3n) is 2.37. The van der Waals surface area contributed by atoms with E-state index in [0.717, 1.165) is 5.69 Å². The standard InChI is InChI=1S/C12H15N3O2/c1-9(13-2)17-12-7-14-15(8-12)10-4-3-5-11(16)6-10/h3-9,13,16H,1-2H3. The maximum atomic E-state index is 9.38. The predicted molar refractivity (Wildman–Crippen MR) is 64.4 cm³/mol. The van der Waals surface area contributed by atoms with Crippen molar-refractivity contribution >= 4 is 0 Å². The van der Waals surface area contributed by atoms with Crippen LogP contribution in [-0.2, 0) is 0 Å². The van der Waals surface area contributed by atoms with Crippen molar-refractivity contribution in [3.8, 4) is 17.2 Å². The van der Waals surface area contributed by atoms with E-state index in [1.807, 2.05) is 20.0 Å². The van der Waals surface area contributed by atoms with Crippen LogP contribution in [-0.4, -0.2) is 28.2 Å². The van der Waals surface area contributed by atoms with Gasteiger partial charge in [0.15, 0.2) is 5.75 Å². The molecule has 1 atom stereocenters. The third-order valence-corrected chi connectivity index (χ3v) is 2.37. The summed E-state index contributed by atoms with van der Waals surface area (Å²) in [7, 11) is 1.82. The molecule has 0 amide bonds. The Labute approximate surface area is 99.6 Å². The summed E-state index contributed by atoms with van der Waals surface area (Å²) >= 11 is 0. The van der Waals surface area contributed by atoms with Gasteiger partial charge in [0, 0.05) is 6.07 Å². The molecule has 2 rings (SSSR count). The van der Waals surface area contributed by atoms with Gasteiger partial charge >= 0.3 is 0 Å². The fourth-order valence-electron chi connectivity index (χ4n) is 1.41. The smallest absolute Gasteiger partial charge is 0.160 e. The zero-order valence-electron chi connectivity index (χ0n) is 9.79. The molecule has 1 aromatic carbocycles. The number of aromatic nitrogens is 2. The highest BCUT2D eigenvalue weighted by atomic mass is 16.5. The van der Waals surface area contributed by atoms with Gasteiger partial charge in [0.2, 0.25) is 0 Å². The predicted octanol–water partition coefficient (Wildman–Crippen LogP) is 1.52. The molecule has 0 aliphatic carbocycles. The van der Waals surface area contributed by atoms with Crippen molar-refractivity contribution in [2.75, 3.05) is 7.05 Å². The number of hydrogen-bond donors (Lipinski definition) is 2. The minimum absolute atomic E-state index is 0.0724. The van der Waals surface area contributed by atoms with Gasteiger partial charge in [0.1, 0.15) is 12.0 Å². The first-order chi connectivity index (χ1) is 8.19.